The Kier molecular flexibility index (Phi) is 6.68. The van der Waals surface area contributed by atoms with Crippen LogP contribution in [0.5, 0.6) is 0 Å². The second kappa shape index (κ2) is 10.1. The molecule has 0 bridgehead atoms. The molecular formula is C28H27N5O2S. The van der Waals surface area contributed by atoms with Gasteiger partial charge in [0, 0.05) is 32.7 Å². The number of fused-ring (bicyclic) bond motifs is 1. The largest absolute Gasteiger partial charge is 0.352 e. The van der Waals surface area contributed by atoms with E-state index in [0.717, 1.165) is 25.2 Å². The number of rotatable bonds is 6. The summed E-state index contributed by atoms with van der Waals surface area (Å²) in [5.74, 6) is 0.468. The Balaban J connectivity index is 1.49. The Hall–Kier alpha value is -3.80. The SMILES string of the molecule is Cc1ccc(S(=O)(=O)[C@@H](C#N)c2nc3ccccc3nc2N2CCN(Cc3ccccc3)CC2)cc1. The molecule has 0 saturated carbocycles. The van der Waals surface area contributed by atoms with Gasteiger partial charge in [0.25, 0.3) is 0 Å². The Morgan fingerprint density at radius 1 is 0.861 bits per heavy atom. The molecule has 0 N–H and O–H groups in total. The van der Waals surface area contributed by atoms with Crippen molar-refractivity contribution in [3.8, 4) is 6.07 Å². The standard InChI is InChI=1S/C28H27N5O2S/c1-21-11-13-23(14-12-21)36(34,35)26(19-29)27-28(31-25-10-6-5-9-24(25)30-27)33-17-15-32(16-18-33)20-22-7-3-2-4-8-22/h2-14,26H,15-18,20H2,1H3/t26-/m0/s1. The van der Waals surface area contributed by atoms with Crippen molar-refractivity contribution < 1.29 is 8.42 Å². The quantitative estimate of drug-likeness (QED) is 0.392. The van der Waals surface area contributed by atoms with Crippen LogP contribution in [0.25, 0.3) is 11.0 Å². The lowest BCUT2D eigenvalue weighted by molar-refractivity contribution is 0.249. The molecule has 2 heterocycles. The summed E-state index contributed by atoms with van der Waals surface area (Å²) in [5.41, 5.74) is 3.63. The summed E-state index contributed by atoms with van der Waals surface area (Å²) in [7, 11) is -4.00. The number of anilines is 1. The fourth-order valence-electron chi connectivity index (χ4n) is 4.51. The molecular weight excluding hydrogens is 470 g/mol. The fraction of sp³-hybridized carbons (Fsp3) is 0.250. The first kappa shape index (κ1) is 23.9. The van der Waals surface area contributed by atoms with Crippen molar-refractivity contribution in [2.45, 2.75) is 23.6 Å². The zero-order valence-electron chi connectivity index (χ0n) is 20.1. The van der Waals surface area contributed by atoms with Crippen LogP contribution in [0, 0.1) is 18.3 Å². The number of piperazine rings is 1. The molecule has 4 aromatic rings. The molecule has 0 spiro atoms. The zero-order valence-corrected chi connectivity index (χ0v) is 20.9. The maximum Gasteiger partial charge on any atom is 0.200 e. The van der Waals surface area contributed by atoms with E-state index < -0.39 is 15.1 Å². The third-order valence-electron chi connectivity index (χ3n) is 6.52. The van der Waals surface area contributed by atoms with Gasteiger partial charge >= 0.3 is 0 Å². The summed E-state index contributed by atoms with van der Waals surface area (Å²) in [4.78, 5) is 14.1. The van der Waals surface area contributed by atoms with Crippen molar-refractivity contribution in [2.75, 3.05) is 31.1 Å². The summed E-state index contributed by atoms with van der Waals surface area (Å²) in [6, 6.07) is 26.3. The Morgan fingerprint density at radius 2 is 1.47 bits per heavy atom. The number of aryl methyl sites for hydroxylation is 1. The maximum atomic E-state index is 13.6. The minimum Gasteiger partial charge on any atom is -0.352 e. The normalized spacial score (nSPS) is 15.5. The van der Waals surface area contributed by atoms with Gasteiger partial charge in [0.15, 0.2) is 11.1 Å². The molecule has 0 unspecified atom stereocenters. The van der Waals surface area contributed by atoms with Gasteiger partial charge in [0.1, 0.15) is 5.69 Å². The van der Waals surface area contributed by atoms with Crippen molar-refractivity contribution in [1.29, 1.82) is 5.26 Å². The van der Waals surface area contributed by atoms with E-state index in [-0.39, 0.29) is 10.6 Å². The van der Waals surface area contributed by atoms with Crippen LogP contribution in [-0.4, -0.2) is 49.5 Å². The number of nitrogens with zero attached hydrogens (tertiary/aromatic N) is 5. The van der Waals surface area contributed by atoms with Crippen molar-refractivity contribution in [3.05, 3.63) is 95.7 Å². The third-order valence-corrected chi connectivity index (χ3v) is 8.40. The van der Waals surface area contributed by atoms with E-state index in [0.29, 0.717) is 29.9 Å². The van der Waals surface area contributed by atoms with E-state index in [4.69, 9.17) is 9.97 Å². The van der Waals surface area contributed by atoms with E-state index in [2.05, 4.69) is 21.9 Å². The van der Waals surface area contributed by atoms with Crippen LogP contribution in [0.15, 0.2) is 83.8 Å². The first-order valence-corrected chi connectivity index (χ1v) is 13.5. The van der Waals surface area contributed by atoms with Gasteiger partial charge in [-0.05, 0) is 36.8 Å². The van der Waals surface area contributed by atoms with Gasteiger partial charge in [-0.25, -0.2) is 18.4 Å². The number of benzene rings is 3. The lowest BCUT2D eigenvalue weighted by atomic mass is 10.2. The van der Waals surface area contributed by atoms with Crippen molar-refractivity contribution >= 4 is 26.7 Å². The second-order valence-corrected chi connectivity index (χ2v) is 11.1. The van der Waals surface area contributed by atoms with Crippen LogP contribution in [0.2, 0.25) is 0 Å². The van der Waals surface area contributed by atoms with E-state index in [1.807, 2.05) is 49.4 Å². The van der Waals surface area contributed by atoms with E-state index in [9.17, 15) is 13.7 Å². The Morgan fingerprint density at radius 3 is 2.11 bits per heavy atom. The lowest BCUT2D eigenvalue weighted by Gasteiger charge is -2.36. The first-order chi connectivity index (χ1) is 17.5. The number of hydrogen-bond acceptors (Lipinski definition) is 7. The van der Waals surface area contributed by atoms with E-state index >= 15 is 0 Å². The van der Waals surface area contributed by atoms with Crippen LogP contribution in [0.3, 0.4) is 0 Å². The molecule has 5 rings (SSSR count). The fourth-order valence-corrected chi connectivity index (χ4v) is 5.89. The van der Waals surface area contributed by atoms with Crippen LogP contribution in [0.1, 0.15) is 22.1 Å². The molecule has 0 radical (unpaired) electrons. The van der Waals surface area contributed by atoms with E-state index in [1.165, 1.54) is 5.56 Å². The van der Waals surface area contributed by atoms with Crippen molar-refractivity contribution in [3.63, 3.8) is 0 Å². The minimum absolute atomic E-state index is 0.105. The van der Waals surface area contributed by atoms with Crippen molar-refractivity contribution in [2.24, 2.45) is 0 Å². The summed E-state index contributed by atoms with van der Waals surface area (Å²) < 4.78 is 27.2. The number of sulfone groups is 1. The predicted molar refractivity (Wildman–Crippen MR) is 140 cm³/mol. The first-order valence-electron chi connectivity index (χ1n) is 11.9. The average Bonchev–Trinajstić information content (AvgIpc) is 2.90. The molecule has 1 atom stereocenters. The smallest absolute Gasteiger partial charge is 0.200 e. The lowest BCUT2D eigenvalue weighted by Crippen LogP contribution is -2.46. The predicted octanol–water partition coefficient (Wildman–Crippen LogP) is 4.30. The number of aromatic nitrogens is 2. The molecule has 7 nitrogen and oxygen atoms in total. The van der Waals surface area contributed by atoms with Crippen LogP contribution in [-0.2, 0) is 16.4 Å². The molecule has 1 aliphatic rings. The summed E-state index contributed by atoms with van der Waals surface area (Å²) in [5, 5.41) is 8.65. The molecule has 0 aliphatic carbocycles. The summed E-state index contributed by atoms with van der Waals surface area (Å²) >= 11 is 0. The van der Waals surface area contributed by atoms with Gasteiger partial charge in [-0.15, -0.1) is 0 Å². The third kappa shape index (κ3) is 4.81. The van der Waals surface area contributed by atoms with Crippen LogP contribution in [0.4, 0.5) is 5.82 Å². The topological polar surface area (TPSA) is 90.2 Å². The monoisotopic (exact) mass is 497 g/mol. The maximum absolute atomic E-state index is 13.6. The number of hydrogen-bond donors (Lipinski definition) is 0. The molecule has 3 aromatic carbocycles. The molecule has 1 fully saturated rings. The van der Waals surface area contributed by atoms with Crippen LogP contribution >= 0.6 is 0 Å². The molecule has 36 heavy (non-hydrogen) atoms. The average molecular weight is 498 g/mol. The molecule has 8 heteroatoms. The molecule has 182 valence electrons. The molecule has 1 aliphatic heterocycles. The van der Waals surface area contributed by atoms with E-state index in [1.54, 1.807) is 30.3 Å². The highest BCUT2D eigenvalue weighted by Crippen LogP contribution is 2.34. The second-order valence-electron chi connectivity index (χ2n) is 9.04. The highest BCUT2D eigenvalue weighted by Gasteiger charge is 2.35. The van der Waals surface area contributed by atoms with Gasteiger partial charge in [0.2, 0.25) is 9.84 Å². The minimum atomic E-state index is -4.00. The van der Waals surface area contributed by atoms with Crippen molar-refractivity contribution in [1.82, 2.24) is 14.9 Å². The molecule has 0 amide bonds. The number of nitriles is 1. The Bertz CT molecular complexity index is 1510. The van der Waals surface area contributed by atoms with Gasteiger partial charge in [-0.1, -0.05) is 60.2 Å². The zero-order chi connectivity index (χ0) is 25.1. The highest BCUT2D eigenvalue weighted by atomic mass is 32.2. The highest BCUT2D eigenvalue weighted by molar-refractivity contribution is 7.92. The van der Waals surface area contributed by atoms with Gasteiger partial charge < -0.3 is 4.90 Å². The Labute approximate surface area is 211 Å². The summed E-state index contributed by atoms with van der Waals surface area (Å²) in [6.07, 6.45) is 0. The van der Waals surface area contributed by atoms with Gasteiger partial charge in [0.05, 0.1) is 22.0 Å². The number of para-hydroxylation sites is 2. The summed E-state index contributed by atoms with van der Waals surface area (Å²) in [6.45, 7) is 5.66. The molecule has 1 saturated heterocycles. The van der Waals surface area contributed by atoms with Gasteiger partial charge in [-0.3, -0.25) is 4.90 Å². The molecule has 1 aromatic heterocycles. The van der Waals surface area contributed by atoms with Crippen LogP contribution < -0.4 is 4.90 Å². The van der Waals surface area contributed by atoms with Gasteiger partial charge in [-0.2, -0.15) is 5.26 Å².